The summed E-state index contributed by atoms with van der Waals surface area (Å²) in [5.74, 6) is -0.593. The molecule has 5 heteroatoms. The molecule has 3 aromatic rings. The minimum Gasteiger partial charge on any atom is -0.404 e. The van der Waals surface area contributed by atoms with Gasteiger partial charge in [0.15, 0.2) is 0 Å². The summed E-state index contributed by atoms with van der Waals surface area (Å²) in [5, 5.41) is 4.54. The molecule has 0 fully saturated rings. The van der Waals surface area contributed by atoms with Gasteiger partial charge in [0.1, 0.15) is 5.82 Å². The molecule has 0 atom stereocenters. The second-order valence-electron chi connectivity index (χ2n) is 5.87. The number of carbonyl (C=O) groups is 1. The maximum atomic E-state index is 13.0. The molecule has 0 spiro atoms. The number of aryl methyl sites for hydroxylation is 2. The molecule has 0 amide bonds. The van der Waals surface area contributed by atoms with E-state index in [0.29, 0.717) is 5.88 Å². The summed E-state index contributed by atoms with van der Waals surface area (Å²) in [6.45, 7) is 4.07. The Labute approximate surface area is 145 Å². The van der Waals surface area contributed by atoms with Crippen LogP contribution in [0.1, 0.15) is 35.0 Å². The van der Waals surface area contributed by atoms with Crippen molar-refractivity contribution in [1.29, 1.82) is 0 Å². The van der Waals surface area contributed by atoms with Gasteiger partial charge in [-0.15, -0.1) is 0 Å². The van der Waals surface area contributed by atoms with Crippen molar-refractivity contribution in [3.8, 4) is 11.6 Å². The summed E-state index contributed by atoms with van der Waals surface area (Å²) in [6.07, 6.45) is 1.73. The van der Waals surface area contributed by atoms with E-state index in [1.807, 2.05) is 31.2 Å². The van der Waals surface area contributed by atoms with E-state index in [1.54, 1.807) is 10.7 Å². The highest BCUT2D eigenvalue weighted by Gasteiger charge is 2.16. The number of halogens is 1. The maximum Gasteiger partial charge on any atom is 0.344 e. The van der Waals surface area contributed by atoms with Crippen molar-refractivity contribution in [1.82, 2.24) is 9.78 Å². The predicted molar refractivity (Wildman–Crippen MR) is 93.7 cm³/mol. The molecule has 3 rings (SSSR count). The Morgan fingerprint density at radius 1 is 1.12 bits per heavy atom. The van der Waals surface area contributed by atoms with Crippen LogP contribution in [0.5, 0.6) is 5.88 Å². The third-order valence-electron chi connectivity index (χ3n) is 3.79. The lowest BCUT2D eigenvalue weighted by Gasteiger charge is -2.08. The average Bonchev–Trinajstić information content (AvgIpc) is 2.99. The first-order valence-electron chi connectivity index (χ1n) is 8.20. The van der Waals surface area contributed by atoms with Crippen LogP contribution in [0.25, 0.3) is 5.69 Å². The molecule has 0 aliphatic rings. The minimum absolute atomic E-state index is 0.287. The van der Waals surface area contributed by atoms with Crippen molar-refractivity contribution >= 4 is 5.97 Å². The average molecular weight is 338 g/mol. The Morgan fingerprint density at radius 2 is 1.80 bits per heavy atom. The van der Waals surface area contributed by atoms with Crippen LogP contribution in [0.3, 0.4) is 0 Å². The molecule has 1 heterocycles. The zero-order valence-corrected chi connectivity index (χ0v) is 14.2. The molecule has 128 valence electrons. The molecule has 1 aromatic heterocycles. The summed E-state index contributed by atoms with van der Waals surface area (Å²) < 4.78 is 20.2. The Kier molecular flexibility index (Phi) is 4.93. The van der Waals surface area contributed by atoms with Crippen LogP contribution in [0.4, 0.5) is 4.39 Å². The van der Waals surface area contributed by atoms with Gasteiger partial charge in [0.05, 0.1) is 16.9 Å². The fourth-order valence-electron chi connectivity index (χ4n) is 2.47. The molecular weight excluding hydrogens is 319 g/mol. The second kappa shape index (κ2) is 7.30. The van der Waals surface area contributed by atoms with E-state index in [4.69, 9.17) is 4.74 Å². The molecule has 0 aliphatic carbocycles. The summed E-state index contributed by atoms with van der Waals surface area (Å²) >= 11 is 0. The third-order valence-corrected chi connectivity index (χ3v) is 3.79. The van der Waals surface area contributed by atoms with Gasteiger partial charge in [-0.1, -0.05) is 31.0 Å². The first-order chi connectivity index (χ1) is 12.1. The number of aromatic nitrogens is 2. The van der Waals surface area contributed by atoms with Crippen LogP contribution < -0.4 is 4.74 Å². The van der Waals surface area contributed by atoms with Crippen molar-refractivity contribution in [3.63, 3.8) is 0 Å². The topological polar surface area (TPSA) is 44.1 Å². The van der Waals surface area contributed by atoms with E-state index in [1.165, 1.54) is 24.3 Å². The summed E-state index contributed by atoms with van der Waals surface area (Å²) in [6, 6.07) is 14.8. The van der Waals surface area contributed by atoms with Crippen LogP contribution in [-0.2, 0) is 6.42 Å². The zero-order valence-electron chi connectivity index (χ0n) is 14.2. The number of hydrogen-bond acceptors (Lipinski definition) is 3. The predicted octanol–water partition coefficient (Wildman–Crippen LogP) is 4.49. The van der Waals surface area contributed by atoms with E-state index in [0.717, 1.165) is 29.8 Å². The Morgan fingerprint density at radius 3 is 2.44 bits per heavy atom. The summed E-state index contributed by atoms with van der Waals surface area (Å²) in [7, 11) is 0. The van der Waals surface area contributed by atoms with Gasteiger partial charge in [-0.2, -0.15) is 5.10 Å². The van der Waals surface area contributed by atoms with Gasteiger partial charge in [0, 0.05) is 6.07 Å². The van der Waals surface area contributed by atoms with E-state index in [9.17, 15) is 9.18 Å². The Balaban J connectivity index is 1.92. The van der Waals surface area contributed by atoms with Crippen LogP contribution in [-0.4, -0.2) is 15.7 Å². The number of benzene rings is 2. The molecule has 0 aliphatic heterocycles. The van der Waals surface area contributed by atoms with E-state index in [-0.39, 0.29) is 5.56 Å². The molecule has 25 heavy (non-hydrogen) atoms. The van der Waals surface area contributed by atoms with E-state index in [2.05, 4.69) is 12.0 Å². The molecule has 0 saturated carbocycles. The molecule has 0 radical (unpaired) electrons. The van der Waals surface area contributed by atoms with Gasteiger partial charge in [0.25, 0.3) is 0 Å². The first kappa shape index (κ1) is 16.9. The number of rotatable bonds is 5. The molecule has 0 N–H and O–H groups in total. The number of esters is 1. The quantitative estimate of drug-likeness (QED) is 0.644. The largest absolute Gasteiger partial charge is 0.404 e. The van der Waals surface area contributed by atoms with Gasteiger partial charge < -0.3 is 4.74 Å². The summed E-state index contributed by atoms with van der Waals surface area (Å²) in [4.78, 5) is 12.3. The fourth-order valence-corrected chi connectivity index (χ4v) is 2.47. The number of hydrogen-bond donors (Lipinski definition) is 0. The second-order valence-corrected chi connectivity index (χ2v) is 5.87. The van der Waals surface area contributed by atoms with E-state index >= 15 is 0 Å². The standard InChI is InChI=1S/C20H19FN2O2/c1-3-4-17-13-19(23(22-17)18-11-5-14(2)6-12-18)25-20(24)15-7-9-16(21)10-8-15/h5-13H,3-4H2,1-2H3. The number of nitrogens with zero attached hydrogens (tertiary/aromatic N) is 2. The van der Waals surface area contributed by atoms with Crippen molar-refractivity contribution in [3.05, 3.63) is 77.2 Å². The number of carbonyl (C=O) groups excluding carboxylic acids is 1. The molecule has 0 saturated heterocycles. The van der Waals surface area contributed by atoms with Crippen LogP contribution >= 0.6 is 0 Å². The fraction of sp³-hybridized carbons (Fsp3) is 0.200. The Hall–Kier alpha value is -2.95. The molecule has 0 unspecified atom stereocenters. The third kappa shape index (κ3) is 3.94. The van der Waals surface area contributed by atoms with E-state index < -0.39 is 11.8 Å². The smallest absolute Gasteiger partial charge is 0.344 e. The Bertz CT molecular complexity index is 868. The normalized spacial score (nSPS) is 10.7. The highest BCUT2D eigenvalue weighted by Crippen LogP contribution is 2.22. The highest BCUT2D eigenvalue weighted by atomic mass is 19.1. The highest BCUT2D eigenvalue weighted by molar-refractivity contribution is 5.90. The van der Waals surface area contributed by atoms with Crippen molar-refractivity contribution in [2.45, 2.75) is 26.7 Å². The van der Waals surface area contributed by atoms with Gasteiger partial charge in [0.2, 0.25) is 5.88 Å². The summed E-state index contributed by atoms with van der Waals surface area (Å²) in [5.41, 5.74) is 3.09. The lowest BCUT2D eigenvalue weighted by atomic mass is 10.2. The van der Waals surface area contributed by atoms with Crippen molar-refractivity contribution in [2.75, 3.05) is 0 Å². The molecule has 4 nitrogen and oxygen atoms in total. The SMILES string of the molecule is CCCc1cc(OC(=O)c2ccc(F)cc2)n(-c2ccc(C)cc2)n1. The molecular formula is C20H19FN2O2. The number of ether oxygens (including phenoxy) is 1. The van der Waals surface area contributed by atoms with Crippen LogP contribution in [0.15, 0.2) is 54.6 Å². The maximum absolute atomic E-state index is 13.0. The molecule has 2 aromatic carbocycles. The molecule has 0 bridgehead atoms. The first-order valence-corrected chi connectivity index (χ1v) is 8.20. The van der Waals surface area contributed by atoms with Crippen molar-refractivity contribution in [2.24, 2.45) is 0 Å². The van der Waals surface area contributed by atoms with Gasteiger partial charge in [-0.25, -0.2) is 13.9 Å². The minimum atomic E-state index is -0.545. The van der Waals surface area contributed by atoms with Crippen LogP contribution in [0, 0.1) is 12.7 Å². The van der Waals surface area contributed by atoms with Crippen LogP contribution in [0.2, 0.25) is 0 Å². The zero-order chi connectivity index (χ0) is 17.8. The lowest BCUT2D eigenvalue weighted by molar-refractivity contribution is 0.0723. The lowest BCUT2D eigenvalue weighted by Crippen LogP contribution is -2.11. The monoisotopic (exact) mass is 338 g/mol. The van der Waals surface area contributed by atoms with Crippen molar-refractivity contribution < 1.29 is 13.9 Å². The van der Waals surface area contributed by atoms with Gasteiger partial charge in [-0.3, -0.25) is 0 Å². The van der Waals surface area contributed by atoms with Gasteiger partial charge in [-0.05, 0) is 49.7 Å². The van der Waals surface area contributed by atoms with Gasteiger partial charge >= 0.3 is 5.97 Å².